The molecule has 1 aromatic heterocycles. The van der Waals surface area contributed by atoms with E-state index < -0.39 is 6.10 Å². The second-order valence-electron chi connectivity index (χ2n) is 3.84. The lowest BCUT2D eigenvalue weighted by atomic mass is 10.1. The second-order valence-corrected chi connectivity index (χ2v) is 4.76. The minimum atomic E-state index is -0.424. The number of anilines is 1. The van der Waals surface area contributed by atoms with Gasteiger partial charge in [0, 0.05) is 10.7 Å². The average molecular weight is 300 g/mol. The summed E-state index contributed by atoms with van der Waals surface area (Å²) in [6.07, 6.45) is 2.79. The number of rotatable bonds is 4. The number of nitrogens with one attached hydrogen (secondary N) is 2. The van der Waals surface area contributed by atoms with E-state index in [0.717, 1.165) is 17.4 Å². The van der Waals surface area contributed by atoms with E-state index in [4.69, 9.17) is 4.74 Å². The molecule has 17 heavy (non-hydrogen) atoms. The van der Waals surface area contributed by atoms with Crippen molar-refractivity contribution in [3.05, 3.63) is 16.7 Å². The van der Waals surface area contributed by atoms with Crippen molar-refractivity contribution in [1.82, 2.24) is 10.3 Å². The number of carbonyl (C=O) groups is 1. The molecule has 2 N–H and O–H groups in total. The monoisotopic (exact) mass is 299 g/mol. The largest absolute Gasteiger partial charge is 0.477 e. The predicted molar refractivity (Wildman–Crippen MR) is 68.1 cm³/mol. The zero-order valence-corrected chi connectivity index (χ0v) is 11.1. The first-order valence-electron chi connectivity index (χ1n) is 5.48. The normalized spacial score (nSPS) is 18.2. The number of hydrogen-bond acceptors (Lipinski definition) is 4. The van der Waals surface area contributed by atoms with Crippen molar-refractivity contribution >= 4 is 27.7 Å². The summed E-state index contributed by atoms with van der Waals surface area (Å²) in [6.45, 7) is 0.872. The maximum Gasteiger partial charge on any atom is 0.266 e. The van der Waals surface area contributed by atoms with Crippen LogP contribution in [0.15, 0.2) is 16.7 Å². The Kier molecular flexibility index (Phi) is 3.96. The Morgan fingerprint density at radius 1 is 1.65 bits per heavy atom. The summed E-state index contributed by atoms with van der Waals surface area (Å²) in [5.41, 5.74) is 0. The third kappa shape index (κ3) is 2.95. The van der Waals surface area contributed by atoms with Crippen LogP contribution < -0.4 is 15.4 Å². The number of ether oxygens (including phenoxy) is 1. The summed E-state index contributed by atoms with van der Waals surface area (Å²) >= 11 is 3.32. The van der Waals surface area contributed by atoms with Crippen LogP contribution in [0.3, 0.4) is 0 Å². The quantitative estimate of drug-likeness (QED) is 0.828. The Hall–Kier alpha value is -1.14. The highest BCUT2D eigenvalue weighted by atomic mass is 79.9. The molecule has 5 nitrogen and oxygen atoms in total. The van der Waals surface area contributed by atoms with Gasteiger partial charge in [-0.3, -0.25) is 4.79 Å². The third-order valence-electron chi connectivity index (χ3n) is 2.52. The number of carbonyl (C=O) groups excluding carboxylic acids is 1. The lowest BCUT2D eigenvalue weighted by Gasteiger charge is -2.25. The summed E-state index contributed by atoms with van der Waals surface area (Å²) < 4.78 is 6.47. The van der Waals surface area contributed by atoms with Crippen LogP contribution in [-0.4, -0.2) is 30.6 Å². The van der Waals surface area contributed by atoms with Crippen LogP contribution in [0, 0.1) is 0 Å². The Bertz CT molecular complexity index is 425. The van der Waals surface area contributed by atoms with E-state index in [1.165, 1.54) is 0 Å². The van der Waals surface area contributed by atoms with E-state index in [1.807, 2.05) is 13.1 Å². The van der Waals surface area contributed by atoms with Crippen molar-refractivity contribution in [2.24, 2.45) is 0 Å². The highest BCUT2D eigenvalue weighted by Crippen LogP contribution is 2.30. The van der Waals surface area contributed by atoms with E-state index in [-0.39, 0.29) is 5.91 Å². The number of nitrogens with zero attached hydrogens (tertiary/aromatic N) is 1. The smallest absolute Gasteiger partial charge is 0.266 e. The lowest BCUT2D eigenvalue weighted by Crippen LogP contribution is -2.37. The maximum atomic E-state index is 11.7. The molecule has 2 heterocycles. The van der Waals surface area contributed by atoms with Crippen molar-refractivity contribution in [1.29, 1.82) is 0 Å². The number of pyridine rings is 1. The molecule has 6 heteroatoms. The minimum Gasteiger partial charge on any atom is -0.477 e. The zero-order chi connectivity index (χ0) is 12.3. The zero-order valence-electron chi connectivity index (χ0n) is 9.50. The van der Waals surface area contributed by atoms with Crippen LogP contribution >= 0.6 is 15.9 Å². The summed E-state index contributed by atoms with van der Waals surface area (Å²) in [4.78, 5) is 15.8. The molecule has 0 aromatic carbocycles. The predicted octanol–water partition coefficient (Wildman–Crippen LogP) is 1.54. The number of hydrogen-bond donors (Lipinski definition) is 2. The molecule has 0 aliphatic carbocycles. The Morgan fingerprint density at radius 3 is 3.24 bits per heavy atom. The summed E-state index contributed by atoms with van der Waals surface area (Å²) in [6, 6.07) is 1.81. The van der Waals surface area contributed by atoms with Crippen molar-refractivity contribution < 1.29 is 9.53 Å². The van der Waals surface area contributed by atoms with Crippen LogP contribution in [0.5, 0.6) is 5.75 Å². The molecule has 1 amide bonds. The topological polar surface area (TPSA) is 63.2 Å². The molecule has 1 aromatic rings. The number of amides is 1. The summed E-state index contributed by atoms with van der Waals surface area (Å²) in [5.74, 6) is 0.986. The second kappa shape index (κ2) is 5.46. The fourth-order valence-electron chi connectivity index (χ4n) is 1.66. The number of fused-ring (bicyclic) bond motifs is 1. The first-order chi connectivity index (χ1) is 8.20. The number of aromatic nitrogens is 1. The molecule has 1 aliphatic rings. The number of halogens is 1. The van der Waals surface area contributed by atoms with E-state index in [9.17, 15) is 4.79 Å². The molecule has 0 saturated heterocycles. The van der Waals surface area contributed by atoms with Gasteiger partial charge in [-0.05, 0) is 48.4 Å². The van der Waals surface area contributed by atoms with Gasteiger partial charge in [-0.15, -0.1) is 0 Å². The van der Waals surface area contributed by atoms with Gasteiger partial charge in [0.2, 0.25) is 0 Å². The van der Waals surface area contributed by atoms with Crippen LogP contribution in [0.2, 0.25) is 0 Å². The molecule has 1 atom stereocenters. The van der Waals surface area contributed by atoms with Gasteiger partial charge < -0.3 is 15.4 Å². The molecule has 0 spiro atoms. The molecule has 0 bridgehead atoms. The first kappa shape index (κ1) is 12.3. The molecule has 0 fully saturated rings. The van der Waals surface area contributed by atoms with Crippen molar-refractivity contribution in [2.45, 2.75) is 18.9 Å². The summed E-state index contributed by atoms with van der Waals surface area (Å²) in [5, 5.41) is 5.79. The standard InChI is InChI=1S/C11H14BrN3O2/c1-13-4-2-3-8-11(16)15-10-9(17-8)5-7(12)6-14-10/h5-6,8,13H,2-4H2,1H3,(H,14,15,16). The SMILES string of the molecule is CNCCCC1Oc2cc(Br)cnc2NC1=O. The molecule has 1 unspecified atom stereocenters. The van der Waals surface area contributed by atoms with Crippen LogP contribution in [-0.2, 0) is 4.79 Å². The molecule has 0 saturated carbocycles. The van der Waals surface area contributed by atoms with Gasteiger partial charge in [0.25, 0.3) is 5.91 Å². The molecule has 92 valence electrons. The Labute approximate surface area is 108 Å². The van der Waals surface area contributed by atoms with Crippen molar-refractivity contribution in [3.63, 3.8) is 0 Å². The van der Waals surface area contributed by atoms with Crippen LogP contribution in [0.25, 0.3) is 0 Å². The highest BCUT2D eigenvalue weighted by Gasteiger charge is 2.27. The van der Waals surface area contributed by atoms with Gasteiger partial charge in [-0.2, -0.15) is 0 Å². The summed E-state index contributed by atoms with van der Waals surface area (Å²) in [7, 11) is 1.89. The van der Waals surface area contributed by atoms with Crippen molar-refractivity contribution in [2.75, 3.05) is 18.9 Å². The van der Waals surface area contributed by atoms with E-state index in [1.54, 1.807) is 6.20 Å². The van der Waals surface area contributed by atoms with E-state index in [0.29, 0.717) is 18.0 Å². The highest BCUT2D eigenvalue weighted by molar-refractivity contribution is 9.10. The molecular formula is C11H14BrN3O2. The third-order valence-corrected chi connectivity index (χ3v) is 2.95. The average Bonchev–Trinajstić information content (AvgIpc) is 2.31. The lowest BCUT2D eigenvalue weighted by molar-refractivity contribution is -0.123. The van der Waals surface area contributed by atoms with E-state index >= 15 is 0 Å². The Morgan fingerprint density at radius 2 is 2.47 bits per heavy atom. The first-order valence-corrected chi connectivity index (χ1v) is 6.27. The van der Waals surface area contributed by atoms with Gasteiger partial charge in [0.05, 0.1) is 0 Å². The molecule has 1 aliphatic heterocycles. The fraction of sp³-hybridized carbons (Fsp3) is 0.455. The van der Waals surface area contributed by atoms with Gasteiger partial charge in [-0.1, -0.05) is 0 Å². The molecule has 0 radical (unpaired) electrons. The van der Waals surface area contributed by atoms with Gasteiger partial charge in [0.1, 0.15) is 0 Å². The fourth-order valence-corrected chi connectivity index (χ4v) is 1.97. The van der Waals surface area contributed by atoms with Crippen molar-refractivity contribution in [3.8, 4) is 5.75 Å². The van der Waals surface area contributed by atoms with Crippen LogP contribution in [0.1, 0.15) is 12.8 Å². The van der Waals surface area contributed by atoms with Gasteiger partial charge in [0.15, 0.2) is 17.7 Å². The Balaban J connectivity index is 2.06. The minimum absolute atomic E-state index is 0.122. The van der Waals surface area contributed by atoms with E-state index in [2.05, 4.69) is 31.5 Å². The van der Waals surface area contributed by atoms with Crippen LogP contribution in [0.4, 0.5) is 5.82 Å². The molecular weight excluding hydrogens is 286 g/mol. The maximum absolute atomic E-state index is 11.7. The van der Waals surface area contributed by atoms with Gasteiger partial charge in [-0.25, -0.2) is 4.98 Å². The van der Waals surface area contributed by atoms with Gasteiger partial charge >= 0.3 is 0 Å². The molecule has 2 rings (SSSR count).